The second-order valence-corrected chi connectivity index (χ2v) is 30.1. The number of carbonyl (C=O) groups excluding carboxylic acids is 4. The summed E-state index contributed by atoms with van der Waals surface area (Å²) in [5.74, 6) is 0.107. The minimum absolute atomic E-state index is 0.0846. The van der Waals surface area contributed by atoms with Crippen molar-refractivity contribution in [2.24, 2.45) is 17.8 Å². The Labute approximate surface area is 567 Å². The van der Waals surface area contributed by atoms with Gasteiger partial charge in [0.25, 0.3) is 0 Å². The summed E-state index contributed by atoms with van der Waals surface area (Å²) >= 11 is 0. The smallest absolute Gasteiger partial charge is 0.462 e. The van der Waals surface area contributed by atoms with Crippen molar-refractivity contribution in [1.82, 2.24) is 0 Å². The second-order valence-electron chi connectivity index (χ2n) is 27.2. The molecule has 3 unspecified atom stereocenters. The SMILES string of the molecule is CCCCCC/C=C\C=C/CCCCCCCC(=O)O[C@H](COC(=O)CCCCCCCCCCCCCCC(C)C)COP(=O)(O)OC[C@@H](O)COP(=O)(O)OC[C@@H](COC(=O)CCCCCCCCC(C)CC)OC(=O)CCCCCCCCCCCCC(C)C. The standard InChI is InChI=1S/C74H140O17P2/c1-8-10-11-12-13-14-15-16-17-18-23-29-34-43-50-57-73(78)90-69(61-84-71(76)55-48-41-33-28-22-20-19-21-26-31-38-45-52-65(3)4)63-88-92(80,81)86-59-68(75)60-87-93(82,83)89-64-70(62-85-72(77)56-49-42-37-36-40-47-54-67(7)9-2)91-74(79)58-51-44-35-30-25-24-27-32-39-46-53-66(5)6/h14-17,65-70,75H,8-13,18-64H2,1-7H3,(H,80,81)(H,82,83)/b15-14-,17-16-/t67?,68-,69-,70-/m1/s1. The summed E-state index contributed by atoms with van der Waals surface area (Å²) in [6, 6.07) is 0. The van der Waals surface area contributed by atoms with E-state index in [0.717, 1.165) is 127 Å². The van der Waals surface area contributed by atoms with E-state index in [-0.39, 0.29) is 25.7 Å². The maximum Gasteiger partial charge on any atom is 0.472 e. The highest BCUT2D eigenvalue weighted by atomic mass is 31.2. The maximum atomic E-state index is 13.1. The van der Waals surface area contributed by atoms with Crippen LogP contribution < -0.4 is 0 Å². The zero-order chi connectivity index (χ0) is 68.7. The molecule has 0 aromatic heterocycles. The number of rotatable bonds is 70. The molecular weight excluding hydrogens is 1220 g/mol. The van der Waals surface area contributed by atoms with Crippen molar-refractivity contribution >= 4 is 39.5 Å². The van der Waals surface area contributed by atoms with Crippen LogP contribution in [0.3, 0.4) is 0 Å². The molecule has 0 rings (SSSR count). The van der Waals surface area contributed by atoms with Crippen LogP contribution in [0.5, 0.6) is 0 Å². The fourth-order valence-corrected chi connectivity index (χ4v) is 12.3. The highest BCUT2D eigenvalue weighted by Gasteiger charge is 2.30. The lowest BCUT2D eigenvalue weighted by molar-refractivity contribution is -0.161. The number of unbranched alkanes of at least 4 members (excludes halogenated alkanes) is 34. The minimum Gasteiger partial charge on any atom is -0.462 e. The van der Waals surface area contributed by atoms with Crippen LogP contribution in [0.1, 0.15) is 350 Å². The average Bonchev–Trinajstić information content (AvgIpc) is 2.07. The zero-order valence-corrected chi connectivity index (χ0v) is 62.0. The first-order chi connectivity index (χ1) is 44.8. The monoisotopic (exact) mass is 1360 g/mol. The molecule has 548 valence electrons. The third-order valence-electron chi connectivity index (χ3n) is 16.9. The van der Waals surface area contributed by atoms with Crippen molar-refractivity contribution in [2.45, 2.75) is 369 Å². The number of phosphoric ester groups is 2. The Hall–Kier alpha value is -2.46. The summed E-state index contributed by atoms with van der Waals surface area (Å²) in [4.78, 5) is 72.7. The summed E-state index contributed by atoms with van der Waals surface area (Å²) in [6.45, 7) is 11.8. The van der Waals surface area contributed by atoms with Crippen molar-refractivity contribution in [1.29, 1.82) is 0 Å². The topological polar surface area (TPSA) is 237 Å². The van der Waals surface area contributed by atoms with Crippen LogP contribution in [0.2, 0.25) is 0 Å². The van der Waals surface area contributed by atoms with Crippen LogP contribution in [0.15, 0.2) is 24.3 Å². The van der Waals surface area contributed by atoms with Crippen LogP contribution in [0, 0.1) is 17.8 Å². The van der Waals surface area contributed by atoms with Crippen LogP contribution in [0.25, 0.3) is 0 Å². The number of allylic oxidation sites excluding steroid dienone is 4. The van der Waals surface area contributed by atoms with E-state index in [0.29, 0.717) is 25.7 Å². The number of carbonyl (C=O) groups is 4. The van der Waals surface area contributed by atoms with E-state index in [1.54, 1.807) is 0 Å². The summed E-state index contributed by atoms with van der Waals surface area (Å²) < 4.78 is 68.4. The predicted octanol–water partition coefficient (Wildman–Crippen LogP) is 21.0. The molecule has 0 bridgehead atoms. The lowest BCUT2D eigenvalue weighted by Gasteiger charge is -2.21. The van der Waals surface area contributed by atoms with Gasteiger partial charge in [-0.25, -0.2) is 9.13 Å². The lowest BCUT2D eigenvalue weighted by Crippen LogP contribution is -2.30. The number of aliphatic hydroxyl groups excluding tert-OH is 1. The summed E-state index contributed by atoms with van der Waals surface area (Å²) in [6.07, 6.45) is 52.1. The highest BCUT2D eigenvalue weighted by molar-refractivity contribution is 7.47. The molecule has 0 aromatic carbocycles. The number of phosphoric acid groups is 2. The van der Waals surface area contributed by atoms with Gasteiger partial charge in [-0.3, -0.25) is 37.3 Å². The predicted molar refractivity (Wildman–Crippen MR) is 377 cm³/mol. The first-order valence-electron chi connectivity index (χ1n) is 37.7. The molecule has 0 aromatic rings. The molecule has 0 fully saturated rings. The van der Waals surface area contributed by atoms with E-state index in [1.165, 1.54) is 141 Å². The van der Waals surface area contributed by atoms with Gasteiger partial charge in [-0.1, -0.05) is 297 Å². The molecule has 0 heterocycles. The van der Waals surface area contributed by atoms with E-state index in [1.807, 2.05) is 0 Å². The molecule has 17 nitrogen and oxygen atoms in total. The van der Waals surface area contributed by atoms with Gasteiger partial charge in [0.15, 0.2) is 12.2 Å². The third kappa shape index (κ3) is 66.6. The fraction of sp³-hybridized carbons (Fsp3) is 0.892. The number of ether oxygens (including phenoxy) is 4. The van der Waals surface area contributed by atoms with E-state index in [4.69, 9.17) is 37.0 Å². The van der Waals surface area contributed by atoms with E-state index >= 15 is 0 Å². The van der Waals surface area contributed by atoms with Crippen molar-refractivity contribution in [2.75, 3.05) is 39.6 Å². The molecule has 19 heteroatoms. The first kappa shape index (κ1) is 90.5. The molecule has 0 spiro atoms. The molecule has 0 aliphatic rings. The Morgan fingerprint density at radius 1 is 0.355 bits per heavy atom. The van der Waals surface area contributed by atoms with Gasteiger partial charge in [0.2, 0.25) is 0 Å². The average molecular weight is 1360 g/mol. The normalized spacial score (nSPS) is 14.6. The summed E-state index contributed by atoms with van der Waals surface area (Å²) in [5, 5.41) is 10.6. The fourth-order valence-electron chi connectivity index (χ4n) is 10.7. The second kappa shape index (κ2) is 64.2. The van der Waals surface area contributed by atoms with Crippen molar-refractivity contribution in [3.05, 3.63) is 24.3 Å². The van der Waals surface area contributed by atoms with Crippen LogP contribution in [0.4, 0.5) is 0 Å². The number of aliphatic hydroxyl groups is 1. The van der Waals surface area contributed by atoms with Gasteiger partial charge in [0.1, 0.15) is 19.3 Å². The van der Waals surface area contributed by atoms with Gasteiger partial charge in [-0.15, -0.1) is 0 Å². The third-order valence-corrected chi connectivity index (χ3v) is 18.8. The largest absolute Gasteiger partial charge is 0.472 e. The van der Waals surface area contributed by atoms with Gasteiger partial charge in [-0.05, 0) is 69.1 Å². The molecule has 0 radical (unpaired) electrons. The van der Waals surface area contributed by atoms with Gasteiger partial charge >= 0.3 is 39.5 Å². The first-order valence-corrected chi connectivity index (χ1v) is 40.7. The van der Waals surface area contributed by atoms with Crippen LogP contribution in [-0.4, -0.2) is 96.7 Å². The van der Waals surface area contributed by atoms with E-state index in [2.05, 4.69) is 72.8 Å². The lowest BCUT2D eigenvalue weighted by atomic mass is 10.00. The molecule has 3 N–H and O–H groups in total. The molecule has 0 aliphatic carbocycles. The van der Waals surface area contributed by atoms with E-state index < -0.39 is 97.5 Å². The maximum absolute atomic E-state index is 13.1. The molecule has 0 amide bonds. The van der Waals surface area contributed by atoms with Crippen molar-refractivity contribution < 1.29 is 80.2 Å². The Morgan fingerprint density at radius 3 is 0.957 bits per heavy atom. The number of hydrogen-bond donors (Lipinski definition) is 3. The van der Waals surface area contributed by atoms with Crippen LogP contribution in [-0.2, 0) is 65.4 Å². The number of esters is 4. The van der Waals surface area contributed by atoms with Crippen molar-refractivity contribution in [3.8, 4) is 0 Å². The molecule has 93 heavy (non-hydrogen) atoms. The molecular formula is C74H140O17P2. The minimum atomic E-state index is -4.96. The summed E-state index contributed by atoms with van der Waals surface area (Å²) in [7, 11) is -9.92. The van der Waals surface area contributed by atoms with Gasteiger partial charge in [-0.2, -0.15) is 0 Å². The number of hydrogen-bond acceptors (Lipinski definition) is 15. The molecule has 0 aliphatic heterocycles. The molecule has 0 saturated carbocycles. The highest BCUT2D eigenvalue weighted by Crippen LogP contribution is 2.45. The Kier molecular flexibility index (Phi) is 62.5. The van der Waals surface area contributed by atoms with E-state index in [9.17, 15) is 43.2 Å². The zero-order valence-electron chi connectivity index (χ0n) is 60.2. The Balaban J connectivity index is 5.30. The van der Waals surface area contributed by atoms with Gasteiger partial charge < -0.3 is 33.8 Å². The van der Waals surface area contributed by atoms with Gasteiger partial charge in [0, 0.05) is 25.7 Å². The van der Waals surface area contributed by atoms with Gasteiger partial charge in [0.05, 0.1) is 26.4 Å². The molecule has 0 saturated heterocycles. The summed E-state index contributed by atoms with van der Waals surface area (Å²) in [5.41, 5.74) is 0. The Bertz CT molecular complexity index is 1910. The van der Waals surface area contributed by atoms with Crippen molar-refractivity contribution in [3.63, 3.8) is 0 Å². The Morgan fingerprint density at radius 2 is 0.634 bits per heavy atom. The molecule has 6 atom stereocenters. The van der Waals surface area contributed by atoms with Crippen LogP contribution >= 0.6 is 15.6 Å². The quantitative estimate of drug-likeness (QED) is 0.0169.